The van der Waals surface area contributed by atoms with E-state index in [4.69, 9.17) is 9.16 Å². The van der Waals surface area contributed by atoms with Gasteiger partial charge in [0.05, 0.1) is 13.6 Å². The molecule has 7 heteroatoms. The smallest absolute Gasteiger partial charge is 0.306 e. The van der Waals surface area contributed by atoms with E-state index in [-0.39, 0.29) is 18.1 Å². The van der Waals surface area contributed by atoms with Crippen molar-refractivity contribution in [3.8, 4) is 0 Å². The maximum Gasteiger partial charge on any atom is 0.306 e. The summed E-state index contributed by atoms with van der Waals surface area (Å²) in [7, 11) is -0.0346. The molecule has 6 nitrogen and oxygen atoms in total. The van der Waals surface area contributed by atoms with Gasteiger partial charge in [-0.3, -0.25) is 4.79 Å². The Hall–Kier alpha value is -2.74. The van der Waals surface area contributed by atoms with Crippen LogP contribution in [0.25, 0.3) is 0 Å². The third kappa shape index (κ3) is 7.50. The molecule has 0 aliphatic carbocycles. The molecule has 2 aromatic carbocycles. The minimum Gasteiger partial charge on any atom is -0.461 e. The molecule has 1 N–H and O–H groups in total. The number of nitrogens with one attached hydrogen (secondary N) is 1. The van der Waals surface area contributed by atoms with Crippen molar-refractivity contribution >= 4 is 14.3 Å². The number of carbonyl (C=O) groups is 1. The summed E-state index contributed by atoms with van der Waals surface area (Å²) in [5.41, 5.74) is 6.53. The number of ether oxygens (including phenoxy) is 1. The highest BCUT2D eigenvalue weighted by Crippen LogP contribution is 2.44. The molecular weight excluding hydrogens is 514 g/mol. The Morgan fingerprint density at radius 3 is 2.05 bits per heavy atom. The van der Waals surface area contributed by atoms with Crippen molar-refractivity contribution in [2.75, 3.05) is 6.54 Å². The van der Waals surface area contributed by atoms with Crippen molar-refractivity contribution in [2.24, 2.45) is 7.05 Å². The third-order valence-corrected chi connectivity index (χ3v) is 8.45. The van der Waals surface area contributed by atoms with Crippen molar-refractivity contribution < 1.29 is 18.5 Å². The number of hydrogen-bond donors (Lipinski definition) is 1. The normalized spacial score (nSPS) is 17.8. The quantitative estimate of drug-likeness (QED) is 0.139. The van der Waals surface area contributed by atoms with Crippen molar-refractivity contribution in [3.05, 3.63) is 88.5 Å². The molecule has 3 aromatic rings. The Morgan fingerprint density at radius 2 is 1.55 bits per heavy atom. The second-order valence-corrected chi connectivity index (χ2v) is 17.2. The molecule has 1 aliphatic heterocycles. The lowest BCUT2D eigenvalue weighted by molar-refractivity contribution is -0.671. The van der Waals surface area contributed by atoms with E-state index in [9.17, 15) is 4.79 Å². The van der Waals surface area contributed by atoms with E-state index < -0.39 is 13.9 Å². The Morgan fingerprint density at radius 1 is 0.975 bits per heavy atom. The van der Waals surface area contributed by atoms with Crippen LogP contribution < -0.4 is 9.88 Å². The van der Waals surface area contributed by atoms with E-state index in [2.05, 4.69) is 106 Å². The fourth-order valence-electron chi connectivity index (χ4n) is 6.16. The van der Waals surface area contributed by atoms with Crippen molar-refractivity contribution in [2.45, 2.75) is 97.3 Å². The van der Waals surface area contributed by atoms with Gasteiger partial charge in [-0.25, -0.2) is 9.13 Å². The van der Waals surface area contributed by atoms with E-state index in [0.717, 1.165) is 19.4 Å². The van der Waals surface area contributed by atoms with Gasteiger partial charge in [-0.15, -0.1) is 0 Å². The number of hydrogen-bond acceptors (Lipinski definition) is 4. The Labute approximate surface area is 241 Å². The molecule has 0 bridgehead atoms. The number of aryl methyl sites for hydroxylation is 6. The molecule has 1 saturated heterocycles. The lowest BCUT2D eigenvalue weighted by Gasteiger charge is -2.45. The minimum atomic E-state index is -2.05. The molecule has 0 unspecified atom stereocenters. The summed E-state index contributed by atoms with van der Waals surface area (Å²) in [5, 5.41) is 3.76. The number of rotatable bonds is 11. The lowest BCUT2D eigenvalue weighted by atomic mass is 9.77. The van der Waals surface area contributed by atoms with Crippen LogP contribution >= 0.6 is 0 Å². The largest absolute Gasteiger partial charge is 0.461 e. The molecule has 0 saturated carbocycles. The molecule has 1 aromatic heterocycles. The first-order valence-electron chi connectivity index (χ1n) is 14.7. The summed E-state index contributed by atoms with van der Waals surface area (Å²) in [6.45, 7) is 16.9. The average Bonchev–Trinajstić information content (AvgIpc) is 3.47. The molecule has 2 heterocycles. The molecule has 0 spiro atoms. The van der Waals surface area contributed by atoms with E-state index >= 15 is 0 Å². The fraction of sp³-hybridized carbons (Fsp3) is 0.515. The zero-order valence-corrected chi connectivity index (χ0v) is 26.7. The molecule has 4 rings (SSSR count). The molecule has 0 radical (unpaired) electrons. The van der Waals surface area contributed by atoms with Gasteiger partial charge in [0.1, 0.15) is 24.1 Å². The zero-order valence-electron chi connectivity index (χ0n) is 25.7. The third-order valence-electron chi connectivity index (χ3n) is 7.52. The van der Waals surface area contributed by atoms with Gasteiger partial charge in [0.15, 0.2) is 8.32 Å². The van der Waals surface area contributed by atoms with Crippen LogP contribution in [0.5, 0.6) is 0 Å². The number of imidazole rings is 1. The van der Waals surface area contributed by atoms with Crippen molar-refractivity contribution in [3.63, 3.8) is 0 Å². The average molecular weight is 563 g/mol. The van der Waals surface area contributed by atoms with Gasteiger partial charge in [-0.05, 0) is 71.3 Å². The molecular formula is C33H48N3O3Si+. The molecule has 40 heavy (non-hydrogen) atoms. The van der Waals surface area contributed by atoms with Crippen LogP contribution in [0.2, 0.25) is 19.6 Å². The monoisotopic (exact) mass is 562 g/mol. The first-order valence-corrected chi connectivity index (χ1v) is 18.1. The van der Waals surface area contributed by atoms with Gasteiger partial charge in [0.2, 0.25) is 6.33 Å². The molecule has 1 aliphatic rings. The molecule has 1 fully saturated rings. The van der Waals surface area contributed by atoms with Gasteiger partial charge in [-0.2, -0.15) is 0 Å². The molecule has 0 amide bonds. The van der Waals surface area contributed by atoms with Crippen LogP contribution in [0, 0.1) is 27.7 Å². The van der Waals surface area contributed by atoms with E-state index in [0.29, 0.717) is 19.4 Å². The Bertz CT molecular complexity index is 1230. The molecule has 2 atom stereocenters. The number of aromatic nitrogens is 2. The van der Waals surface area contributed by atoms with Crippen molar-refractivity contribution in [1.29, 1.82) is 0 Å². The number of esters is 1. The molecule has 216 valence electrons. The highest BCUT2D eigenvalue weighted by Gasteiger charge is 2.49. The zero-order chi connectivity index (χ0) is 29.1. The fourth-order valence-corrected chi connectivity index (χ4v) is 7.51. The summed E-state index contributed by atoms with van der Waals surface area (Å²) < 4.78 is 17.5. The highest BCUT2D eigenvalue weighted by atomic mass is 28.4. The lowest BCUT2D eigenvalue weighted by Crippen LogP contribution is -2.53. The number of nitrogens with zero attached hydrogens (tertiary/aromatic N) is 2. The SMILES string of the molecule is Cc1cc(C)cc(C(O[Si](C)(C)C)(c2cc(C)cc(C)c2)[C@@H]2C[C@@H](OC(=O)CCCCn3cc[n+](C)c3)CN2)c1. The highest BCUT2D eigenvalue weighted by molar-refractivity contribution is 6.69. The van der Waals surface area contributed by atoms with Gasteiger partial charge in [0, 0.05) is 25.4 Å². The van der Waals surface area contributed by atoms with Crippen LogP contribution in [-0.4, -0.2) is 37.5 Å². The van der Waals surface area contributed by atoms with E-state index in [1.165, 1.54) is 33.4 Å². The van der Waals surface area contributed by atoms with Gasteiger partial charge >= 0.3 is 5.97 Å². The Kier molecular flexibility index (Phi) is 9.38. The number of carbonyl (C=O) groups excluding carboxylic acids is 1. The second-order valence-electron chi connectivity index (χ2n) is 12.8. The standard InChI is InChI=1S/C33H48N3O3Si/c1-24-15-25(2)18-28(17-24)33(39-40(6,7)8,29-19-26(3)16-27(4)20-29)31-21-30(22-34-31)38-32(37)11-9-10-12-36-14-13-35(5)23-36/h13-20,23,30-31,34H,9-12,21-22H2,1-8H3/q+1/t30-,31+/m1/s1. The number of unbranched alkanes of at least 4 members (excludes halogenated alkanes) is 1. The van der Waals surface area contributed by atoms with Gasteiger partial charge in [0.25, 0.3) is 0 Å². The summed E-state index contributed by atoms with van der Waals surface area (Å²) in [6.07, 6.45) is 8.88. The first-order chi connectivity index (χ1) is 18.8. The van der Waals surface area contributed by atoms with E-state index in [1.807, 2.05) is 17.8 Å². The summed E-state index contributed by atoms with van der Waals surface area (Å²) >= 11 is 0. The van der Waals surface area contributed by atoms with E-state index in [1.54, 1.807) is 0 Å². The second kappa shape index (κ2) is 12.4. The maximum atomic E-state index is 12.8. The maximum absolute atomic E-state index is 12.8. The minimum absolute atomic E-state index is 0.0334. The predicted octanol–water partition coefficient (Wildman–Crippen LogP) is 5.79. The van der Waals surface area contributed by atoms with Crippen LogP contribution in [0.4, 0.5) is 0 Å². The van der Waals surface area contributed by atoms with Gasteiger partial charge in [-0.1, -0.05) is 58.7 Å². The van der Waals surface area contributed by atoms with Crippen LogP contribution in [0.15, 0.2) is 55.1 Å². The summed E-state index contributed by atoms with van der Waals surface area (Å²) in [4.78, 5) is 12.8. The van der Waals surface area contributed by atoms with Crippen LogP contribution in [-0.2, 0) is 33.2 Å². The summed E-state index contributed by atoms with van der Waals surface area (Å²) in [6, 6.07) is 13.5. The summed E-state index contributed by atoms with van der Waals surface area (Å²) in [5.74, 6) is -0.111. The predicted molar refractivity (Wildman–Crippen MR) is 163 cm³/mol. The number of benzene rings is 2. The first kappa shape index (κ1) is 30.2. The van der Waals surface area contributed by atoms with Crippen molar-refractivity contribution in [1.82, 2.24) is 9.88 Å². The Balaban J connectivity index is 1.57. The van der Waals surface area contributed by atoms with Crippen LogP contribution in [0.1, 0.15) is 59.1 Å². The van der Waals surface area contributed by atoms with Crippen LogP contribution in [0.3, 0.4) is 0 Å². The topological polar surface area (TPSA) is 56.4 Å². The van der Waals surface area contributed by atoms with Gasteiger partial charge < -0.3 is 14.5 Å².